The number of anilines is 2. The maximum absolute atomic E-state index is 6.12. The lowest BCUT2D eigenvalue weighted by Gasteiger charge is -2.18. The molecule has 0 saturated carbocycles. The molecule has 2 N–H and O–H groups in total. The molecule has 1 heterocycles. The Labute approximate surface area is 135 Å². The molecule has 3 rings (SSSR count). The van der Waals surface area contributed by atoms with Crippen LogP contribution >= 0.6 is 0 Å². The summed E-state index contributed by atoms with van der Waals surface area (Å²) in [6.07, 6.45) is 3.86. The van der Waals surface area contributed by atoms with Gasteiger partial charge in [0.05, 0.1) is 17.1 Å². The zero-order chi connectivity index (χ0) is 16.1. The van der Waals surface area contributed by atoms with Gasteiger partial charge in [-0.1, -0.05) is 18.2 Å². The Bertz CT molecular complexity index is 797. The second-order valence-corrected chi connectivity index (χ2v) is 5.15. The zero-order valence-electron chi connectivity index (χ0n) is 12.9. The molecule has 0 aliphatic carbocycles. The van der Waals surface area contributed by atoms with E-state index in [-0.39, 0.29) is 0 Å². The molecule has 0 saturated heterocycles. The largest absolute Gasteiger partial charge is 0.280 e. The third-order valence-electron chi connectivity index (χ3n) is 3.37. The molecular formula is C18H18N5+. The van der Waals surface area contributed by atoms with Crippen LogP contribution in [0.15, 0.2) is 89.4 Å². The highest BCUT2D eigenvalue weighted by Gasteiger charge is 2.03. The van der Waals surface area contributed by atoms with Crippen molar-refractivity contribution in [2.24, 2.45) is 23.1 Å². The first-order valence-corrected chi connectivity index (χ1v) is 7.29. The predicted molar refractivity (Wildman–Crippen MR) is 91.0 cm³/mol. The summed E-state index contributed by atoms with van der Waals surface area (Å²) in [6.45, 7) is 0. The van der Waals surface area contributed by atoms with E-state index in [1.54, 1.807) is 5.01 Å². The maximum atomic E-state index is 6.12. The number of hydrogen-bond donors (Lipinski definition) is 1. The molecule has 5 heteroatoms. The van der Waals surface area contributed by atoms with Gasteiger partial charge in [-0.3, -0.25) is 5.01 Å². The molecule has 0 amide bonds. The van der Waals surface area contributed by atoms with Crippen LogP contribution in [-0.2, 0) is 7.05 Å². The summed E-state index contributed by atoms with van der Waals surface area (Å²) < 4.78 is 1.93. The Hall–Kier alpha value is -3.05. The number of benzene rings is 2. The third kappa shape index (κ3) is 3.78. The third-order valence-corrected chi connectivity index (χ3v) is 3.37. The van der Waals surface area contributed by atoms with E-state index in [4.69, 9.17) is 5.84 Å². The molecule has 23 heavy (non-hydrogen) atoms. The Balaban J connectivity index is 1.74. The molecule has 0 fully saturated rings. The van der Waals surface area contributed by atoms with Crippen molar-refractivity contribution < 1.29 is 4.57 Å². The molecule has 0 spiro atoms. The predicted octanol–water partition coefficient (Wildman–Crippen LogP) is 3.94. The van der Waals surface area contributed by atoms with Crippen LogP contribution in [0.25, 0.3) is 0 Å². The number of hydrogen-bond acceptors (Lipinski definition) is 4. The lowest BCUT2D eigenvalue weighted by atomic mass is 10.2. The molecule has 1 aromatic heterocycles. The van der Waals surface area contributed by atoms with Crippen LogP contribution in [-0.4, -0.2) is 0 Å². The van der Waals surface area contributed by atoms with Gasteiger partial charge in [-0.15, -0.1) is 5.11 Å². The molecule has 2 aromatic carbocycles. The van der Waals surface area contributed by atoms with Crippen molar-refractivity contribution in [3.05, 3.63) is 79.1 Å². The van der Waals surface area contributed by atoms with E-state index in [0.717, 1.165) is 22.7 Å². The summed E-state index contributed by atoms with van der Waals surface area (Å²) >= 11 is 0. The number of aromatic nitrogens is 1. The van der Waals surface area contributed by atoms with Gasteiger partial charge >= 0.3 is 0 Å². The van der Waals surface area contributed by atoms with Crippen LogP contribution in [0.4, 0.5) is 22.7 Å². The fourth-order valence-electron chi connectivity index (χ4n) is 2.16. The molecule has 0 bridgehead atoms. The summed E-state index contributed by atoms with van der Waals surface area (Å²) in [5, 5.41) is 10.1. The summed E-state index contributed by atoms with van der Waals surface area (Å²) in [6, 6.07) is 21.3. The van der Waals surface area contributed by atoms with Crippen LogP contribution in [0, 0.1) is 0 Å². The number of nitrogens with zero attached hydrogens (tertiary/aromatic N) is 4. The average molecular weight is 304 g/mol. The van der Waals surface area contributed by atoms with Crippen LogP contribution < -0.4 is 15.4 Å². The Morgan fingerprint density at radius 1 is 0.783 bits per heavy atom. The molecule has 0 aliphatic rings. The first kappa shape index (κ1) is 14.9. The SMILES string of the molecule is C[n+]1cccc(N=Nc2ccc(N(N)c3ccccc3)cc2)c1. The number of pyridine rings is 1. The van der Waals surface area contributed by atoms with E-state index >= 15 is 0 Å². The van der Waals surface area contributed by atoms with E-state index in [9.17, 15) is 0 Å². The van der Waals surface area contributed by atoms with Gasteiger partial charge in [0.2, 0.25) is 0 Å². The quantitative estimate of drug-likeness (QED) is 0.343. The molecular weight excluding hydrogens is 286 g/mol. The normalized spacial score (nSPS) is 10.9. The molecule has 0 unspecified atom stereocenters. The molecule has 0 aliphatic heterocycles. The minimum atomic E-state index is 0.779. The Kier molecular flexibility index (Phi) is 4.40. The summed E-state index contributed by atoms with van der Waals surface area (Å²) in [7, 11) is 1.95. The molecule has 114 valence electrons. The molecule has 3 aromatic rings. The first-order chi connectivity index (χ1) is 11.2. The van der Waals surface area contributed by atoms with Crippen LogP contribution in [0.5, 0.6) is 0 Å². The van der Waals surface area contributed by atoms with Gasteiger partial charge in [0, 0.05) is 6.07 Å². The van der Waals surface area contributed by atoms with E-state index in [2.05, 4.69) is 10.2 Å². The summed E-state index contributed by atoms with van der Waals surface area (Å²) in [4.78, 5) is 0. The van der Waals surface area contributed by atoms with E-state index in [0.29, 0.717) is 0 Å². The Morgan fingerprint density at radius 3 is 2.13 bits per heavy atom. The van der Waals surface area contributed by atoms with Gasteiger partial charge in [-0.2, -0.15) is 5.11 Å². The topological polar surface area (TPSA) is 57.9 Å². The second-order valence-electron chi connectivity index (χ2n) is 5.15. The van der Waals surface area contributed by atoms with Crippen LogP contribution in [0.2, 0.25) is 0 Å². The number of azo groups is 1. The highest BCUT2D eigenvalue weighted by molar-refractivity contribution is 5.63. The highest BCUT2D eigenvalue weighted by atomic mass is 15.4. The number of hydrazine groups is 1. The average Bonchev–Trinajstić information content (AvgIpc) is 2.61. The fraction of sp³-hybridized carbons (Fsp3) is 0.0556. The zero-order valence-corrected chi connectivity index (χ0v) is 12.9. The standard InChI is InChI=1S/C18H18N5/c1-22-13-5-6-16(14-22)21-20-15-9-11-18(12-10-15)23(19)17-7-3-2-4-8-17/h2-14H,19H2,1H3/q+1. The van der Waals surface area contributed by atoms with E-state index < -0.39 is 0 Å². The van der Waals surface area contributed by atoms with E-state index in [1.165, 1.54) is 0 Å². The number of aryl methyl sites for hydroxylation is 1. The summed E-state index contributed by atoms with van der Waals surface area (Å²) in [5.74, 6) is 6.12. The minimum absolute atomic E-state index is 0.779. The minimum Gasteiger partial charge on any atom is -0.280 e. The smallest absolute Gasteiger partial charge is 0.196 e. The van der Waals surface area contributed by atoms with Crippen molar-refractivity contribution in [2.75, 3.05) is 5.01 Å². The second kappa shape index (κ2) is 6.81. The van der Waals surface area contributed by atoms with Crippen molar-refractivity contribution in [2.45, 2.75) is 0 Å². The van der Waals surface area contributed by atoms with Gasteiger partial charge in [0.1, 0.15) is 12.7 Å². The van der Waals surface area contributed by atoms with Crippen molar-refractivity contribution in [1.82, 2.24) is 0 Å². The Morgan fingerprint density at radius 2 is 1.43 bits per heavy atom. The van der Waals surface area contributed by atoms with Crippen molar-refractivity contribution >= 4 is 22.7 Å². The van der Waals surface area contributed by atoms with Gasteiger partial charge in [0.25, 0.3) is 0 Å². The van der Waals surface area contributed by atoms with Crippen molar-refractivity contribution in [3.8, 4) is 0 Å². The molecule has 0 atom stereocenters. The number of nitrogens with two attached hydrogens (primary N) is 1. The lowest BCUT2D eigenvalue weighted by molar-refractivity contribution is -0.670. The molecule has 5 nitrogen and oxygen atoms in total. The van der Waals surface area contributed by atoms with Gasteiger partial charge < -0.3 is 0 Å². The lowest BCUT2D eigenvalue weighted by Crippen LogP contribution is -2.25. The molecule has 0 radical (unpaired) electrons. The number of para-hydroxylation sites is 1. The van der Waals surface area contributed by atoms with Crippen LogP contribution in [0.3, 0.4) is 0 Å². The number of rotatable bonds is 4. The van der Waals surface area contributed by atoms with Crippen molar-refractivity contribution in [3.63, 3.8) is 0 Å². The van der Waals surface area contributed by atoms with Gasteiger partial charge in [0.15, 0.2) is 12.4 Å². The van der Waals surface area contributed by atoms with E-state index in [1.807, 2.05) is 90.7 Å². The maximum Gasteiger partial charge on any atom is 0.196 e. The van der Waals surface area contributed by atoms with Crippen molar-refractivity contribution in [1.29, 1.82) is 0 Å². The fourth-order valence-corrected chi connectivity index (χ4v) is 2.16. The van der Waals surface area contributed by atoms with Gasteiger partial charge in [-0.25, -0.2) is 10.4 Å². The monoisotopic (exact) mass is 304 g/mol. The summed E-state index contributed by atoms with van der Waals surface area (Å²) in [5.41, 5.74) is 3.41. The van der Waals surface area contributed by atoms with Crippen LogP contribution in [0.1, 0.15) is 0 Å². The highest BCUT2D eigenvalue weighted by Crippen LogP contribution is 2.24. The van der Waals surface area contributed by atoms with Gasteiger partial charge in [-0.05, 0) is 42.5 Å². The first-order valence-electron chi connectivity index (χ1n) is 7.29.